The molecule has 0 bridgehead atoms. The Bertz CT molecular complexity index is 410. The van der Waals surface area contributed by atoms with Crippen LogP contribution in [0.2, 0.25) is 0 Å². The van der Waals surface area contributed by atoms with Crippen molar-refractivity contribution >= 4 is 11.8 Å². The third-order valence-electron chi connectivity index (χ3n) is 3.11. The van der Waals surface area contributed by atoms with E-state index in [-0.39, 0.29) is 5.56 Å². The standard InChI is InChI=1S/C13H20N2OS/c1-2-6-10-9-12(16)15-13(14-10)17-11-7-4-3-5-8-11/h9,11H,2-8H2,1H3,(H,14,15,16). The van der Waals surface area contributed by atoms with Gasteiger partial charge in [-0.3, -0.25) is 4.79 Å². The number of nitrogens with one attached hydrogen (secondary N) is 1. The highest BCUT2D eigenvalue weighted by molar-refractivity contribution is 7.99. The van der Waals surface area contributed by atoms with Gasteiger partial charge in [-0.1, -0.05) is 44.4 Å². The van der Waals surface area contributed by atoms with Gasteiger partial charge < -0.3 is 4.98 Å². The van der Waals surface area contributed by atoms with Gasteiger partial charge in [0.25, 0.3) is 5.56 Å². The van der Waals surface area contributed by atoms with E-state index in [2.05, 4.69) is 16.9 Å². The number of thioether (sulfide) groups is 1. The molecule has 0 atom stereocenters. The Morgan fingerprint density at radius 1 is 1.41 bits per heavy atom. The van der Waals surface area contributed by atoms with Crippen LogP contribution in [0.3, 0.4) is 0 Å². The molecule has 1 heterocycles. The van der Waals surface area contributed by atoms with Crippen LogP contribution >= 0.6 is 11.8 Å². The SMILES string of the molecule is CCCc1cc(=O)[nH]c(SC2CCCCC2)n1. The van der Waals surface area contributed by atoms with Crippen molar-refractivity contribution in [3.05, 3.63) is 22.1 Å². The van der Waals surface area contributed by atoms with Crippen LogP contribution in [0.4, 0.5) is 0 Å². The van der Waals surface area contributed by atoms with Gasteiger partial charge in [-0.2, -0.15) is 0 Å². The summed E-state index contributed by atoms with van der Waals surface area (Å²) < 4.78 is 0. The van der Waals surface area contributed by atoms with Crippen LogP contribution < -0.4 is 5.56 Å². The van der Waals surface area contributed by atoms with Crippen molar-refractivity contribution in [2.75, 3.05) is 0 Å². The molecular weight excluding hydrogens is 232 g/mol. The van der Waals surface area contributed by atoms with Gasteiger partial charge in [0, 0.05) is 17.0 Å². The minimum Gasteiger partial charge on any atom is -0.301 e. The van der Waals surface area contributed by atoms with Crippen molar-refractivity contribution in [3.63, 3.8) is 0 Å². The monoisotopic (exact) mass is 252 g/mol. The second-order valence-corrected chi connectivity index (χ2v) is 5.96. The lowest BCUT2D eigenvalue weighted by atomic mass is 10.0. The molecule has 1 aliphatic rings. The summed E-state index contributed by atoms with van der Waals surface area (Å²) in [6, 6.07) is 1.62. The van der Waals surface area contributed by atoms with Gasteiger partial charge in [0.15, 0.2) is 5.16 Å². The average molecular weight is 252 g/mol. The van der Waals surface area contributed by atoms with E-state index in [0.29, 0.717) is 5.25 Å². The fraction of sp³-hybridized carbons (Fsp3) is 0.692. The summed E-state index contributed by atoms with van der Waals surface area (Å²) in [6.45, 7) is 2.11. The third kappa shape index (κ3) is 3.87. The van der Waals surface area contributed by atoms with Crippen LogP contribution in [0.1, 0.15) is 51.1 Å². The molecule has 4 heteroatoms. The predicted molar refractivity (Wildman–Crippen MR) is 71.6 cm³/mol. The molecule has 2 rings (SSSR count). The lowest BCUT2D eigenvalue weighted by Crippen LogP contribution is -2.13. The zero-order valence-electron chi connectivity index (χ0n) is 10.4. The Balaban J connectivity index is 2.06. The Hall–Kier alpha value is -0.770. The maximum atomic E-state index is 11.5. The molecule has 0 unspecified atom stereocenters. The number of aryl methyl sites for hydroxylation is 1. The van der Waals surface area contributed by atoms with Crippen molar-refractivity contribution in [2.45, 2.75) is 62.3 Å². The second-order valence-electron chi connectivity index (χ2n) is 4.67. The zero-order chi connectivity index (χ0) is 12.1. The zero-order valence-corrected chi connectivity index (χ0v) is 11.2. The van der Waals surface area contributed by atoms with Crippen LogP contribution in [0.5, 0.6) is 0 Å². The fourth-order valence-corrected chi connectivity index (χ4v) is 3.48. The van der Waals surface area contributed by atoms with E-state index < -0.39 is 0 Å². The van der Waals surface area contributed by atoms with Crippen molar-refractivity contribution in [1.82, 2.24) is 9.97 Å². The molecule has 3 nitrogen and oxygen atoms in total. The van der Waals surface area contributed by atoms with Gasteiger partial charge in [0.05, 0.1) is 0 Å². The third-order valence-corrected chi connectivity index (χ3v) is 4.33. The molecule has 0 spiro atoms. The largest absolute Gasteiger partial charge is 0.301 e. The summed E-state index contributed by atoms with van der Waals surface area (Å²) >= 11 is 1.75. The van der Waals surface area contributed by atoms with Gasteiger partial charge >= 0.3 is 0 Å². The molecule has 1 saturated carbocycles. The maximum absolute atomic E-state index is 11.5. The van der Waals surface area contributed by atoms with E-state index in [0.717, 1.165) is 23.7 Å². The lowest BCUT2D eigenvalue weighted by Gasteiger charge is -2.20. The molecule has 1 aliphatic carbocycles. The number of hydrogen-bond donors (Lipinski definition) is 1. The fourth-order valence-electron chi connectivity index (χ4n) is 2.26. The molecule has 1 aromatic rings. The van der Waals surface area contributed by atoms with E-state index in [1.165, 1.54) is 32.1 Å². The molecule has 1 N–H and O–H groups in total. The lowest BCUT2D eigenvalue weighted by molar-refractivity contribution is 0.515. The van der Waals surface area contributed by atoms with E-state index >= 15 is 0 Å². The summed E-state index contributed by atoms with van der Waals surface area (Å²) in [5, 5.41) is 1.46. The van der Waals surface area contributed by atoms with Crippen molar-refractivity contribution < 1.29 is 0 Å². The topological polar surface area (TPSA) is 45.8 Å². The first-order chi connectivity index (χ1) is 8.28. The van der Waals surface area contributed by atoms with Gasteiger partial charge in [-0.25, -0.2) is 4.98 Å². The van der Waals surface area contributed by atoms with Crippen LogP contribution in [-0.2, 0) is 6.42 Å². The molecule has 0 amide bonds. The first kappa shape index (κ1) is 12.7. The highest BCUT2D eigenvalue weighted by Crippen LogP contribution is 2.31. The van der Waals surface area contributed by atoms with Crippen molar-refractivity contribution in [1.29, 1.82) is 0 Å². The molecule has 17 heavy (non-hydrogen) atoms. The van der Waals surface area contributed by atoms with Crippen molar-refractivity contribution in [3.8, 4) is 0 Å². The second kappa shape index (κ2) is 6.24. The van der Waals surface area contributed by atoms with Gasteiger partial charge in [0.1, 0.15) is 0 Å². The molecule has 0 aliphatic heterocycles. The summed E-state index contributed by atoms with van der Waals surface area (Å²) in [4.78, 5) is 18.9. The minimum atomic E-state index is -0.0123. The molecule has 0 radical (unpaired) electrons. The Morgan fingerprint density at radius 3 is 2.88 bits per heavy atom. The smallest absolute Gasteiger partial charge is 0.251 e. The van der Waals surface area contributed by atoms with Gasteiger partial charge in [-0.15, -0.1) is 0 Å². The van der Waals surface area contributed by atoms with E-state index in [9.17, 15) is 4.79 Å². The minimum absolute atomic E-state index is 0.0123. The predicted octanol–water partition coefficient (Wildman–Crippen LogP) is 3.15. The first-order valence-corrected chi connectivity index (χ1v) is 7.43. The summed E-state index contributed by atoms with van der Waals surface area (Å²) in [6.07, 6.45) is 8.43. The van der Waals surface area contributed by atoms with Crippen LogP contribution in [-0.4, -0.2) is 15.2 Å². The Kier molecular flexibility index (Phi) is 4.66. The highest BCUT2D eigenvalue weighted by atomic mass is 32.2. The Labute approximate surface area is 106 Å². The molecule has 0 saturated heterocycles. The van der Waals surface area contributed by atoms with E-state index in [4.69, 9.17) is 0 Å². The highest BCUT2D eigenvalue weighted by Gasteiger charge is 2.16. The van der Waals surface area contributed by atoms with Crippen LogP contribution in [0, 0.1) is 0 Å². The molecular formula is C13H20N2OS. The molecule has 1 fully saturated rings. The number of nitrogens with zero attached hydrogens (tertiary/aromatic N) is 1. The quantitative estimate of drug-likeness (QED) is 0.837. The van der Waals surface area contributed by atoms with Crippen molar-refractivity contribution in [2.24, 2.45) is 0 Å². The number of H-pyrrole nitrogens is 1. The van der Waals surface area contributed by atoms with Crippen LogP contribution in [0.25, 0.3) is 0 Å². The summed E-state index contributed by atoms with van der Waals surface area (Å²) in [7, 11) is 0. The molecule has 1 aromatic heterocycles. The van der Waals surface area contributed by atoms with Gasteiger partial charge in [-0.05, 0) is 19.3 Å². The average Bonchev–Trinajstić information content (AvgIpc) is 2.30. The maximum Gasteiger partial charge on any atom is 0.251 e. The normalized spacial score (nSPS) is 17.2. The van der Waals surface area contributed by atoms with E-state index in [1.807, 2.05) is 0 Å². The van der Waals surface area contributed by atoms with Gasteiger partial charge in [0.2, 0.25) is 0 Å². The van der Waals surface area contributed by atoms with E-state index in [1.54, 1.807) is 17.8 Å². The molecule has 0 aromatic carbocycles. The Morgan fingerprint density at radius 2 is 2.18 bits per heavy atom. The summed E-state index contributed by atoms with van der Waals surface area (Å²) in [5.74, 6) is 0. The first-order valence-electron chi connectivity index (χ1n) is 6.55. The number of aromatic amines is 1. The number of hydrogen-bond acceptors (Lipinski definition) is 3. The molecule has 94 valence electrons. The summed E-state index contributed by atoms with van der Waals surface area (Å²) in [5.41, 5.74) is 0.913. The van der Waals surface area contributed by atoms with Crippen LogP contribution in [0.15, 0.2) is 16.0 Å². The number of aromatic nitrogens is 2. The number of rotatable bonds is 4.